The van der Waals surface area contributed by atoms with Crippen LogP contribution in [0.2, 0.25) is 0 Å². The second-order valence-corrected chi connectivity index (χ2v) is 5.01. The summed E-state index contributed by atoms with van der Waals surface area (Å²) >= 11 is 0. The van der Waals surface area contributed by atoms with Gasteiger partial charge in [-0.25, -0.2) is 0 Å². The van der Waals surface area contributed by atoms with Gasteiger partial charge in [-0.3, -0.25) is 0 Å². The summed E-state index contributed by atoms with van der Waals surface area (Å²) in [7, 11) is 0. The molecule has 0 aromatic carbocycles. The average Bonchev–Trinajstić information content (AvgIpc) is 2.77. The van der Waals surface area contributed by atoms with Gasteiger partial charge in [0, 0.05) is 0 Å². The zero-order chi connectivity index (χ0) is 15.8. The van der Waals surface area contributed by atoms with E-state index in [4.69, 9.17) is 19.8 Å². The van der Waals surface area contributed by atoms with Crippen LogP contribution in [0.15, 0.2) is 12.2 Å². The summed E-state index contributed by atoms with van der Waals surface area (Å²) in [6.07, 6.45) is -8.36. The SMILES string of the molecule is N#C[C@]1(O[C@H]2O[C@@H](CO)[C@@H](O)[C@@H](O)[C@H]2O)C=C[C@@H](O)[C@H]1O. The zero-order valence-electron chi connectivity index (χ0n) is 10.9. The minimum atomic E-state index is -1.97. The van der Waals surface area contributed by atoms with Crippen molar-refractivity contribution in [2.45, 2.75) is 48.5 Å². The fourth-order valence-corrected chi connectivity index (χ4v) is 2.29. The van der Waals surface area contributed by atoms with E-state index in [9.17, 15) is 25.5 Å². The molecule has 1 saturated heterocycles. The molecule has 9 heteroatoms. The largest absolute Gasteiger partial charge is 0.394 e. The number of ether oxygens (including phenoxy) is 2. The summed E-state index contributed by atoms with van der Waals surface area (Å²) in [6.45, 7) is -0.647. The van der Waals surface area contributed by atoms with Crippen molar-refractivity contribution in [3.63, 3.8) is 0 Å². The molecule has 0 aromatic rings. The van der Waals surface area contributed by atoms with Crippen LogP contribution in [0.3, 0.4) is 0 Å². The lowest BCUT2D eigenvalue weighted by atomic mass is 9.97. The van der Waals surface area contributed by atoms with Crippen molar-refractivity contribution in [3.05, 3.63) is 12.2 Å². The van der Waals surface area contributed by atoms with Gasteiger partial charge >= 0.3 is 0 Å². The summed E-state index contributed by atoms with van der Waals surface area (Å²) in [5.41, 5.74) is -1.97. The Morgan fingerprint density at radius 2 is 1.81 bits per heavy atom. The van der Waals surface area contributed by atoms with Crippen molar-refractivity contribution in [2.75, 3.05) is 6.61 Å². The van der Waals surface area contributed by atoms with E-state index in [-0.39, 0.29) is 0 Å². The molecule has 0 bridgehead atoms. The minimum absolute atomic E-state index is 0.647. The summed E-state index contributed by atoms with van der Waals surface area (Å²) in [5, 5.41) is 66.6. The van der Waals surface area contributed by atoms with Crippen LogP contribution < -0.4 is 0 Å². The first-order chi connectivity index (χ1) is 9.86. The number of nitrogens with zero attached hydrogens (tertiary/aromatic N) is 1. The number of hydrogen-bond acceptors (Lipinski definition) is 9. The Morgan fingerprint density at radius 1 is 1.14 bits per heavy atom. The molecular weight excluding hydrogens is 286 g/mol. The smallest absolute Gasteiger partial charge is 0.204 e. The monoisotopic (exact) mass is 303 g/mol. The summed E-state index contributed by atoms with van der Waals surface area (Å²) in [6, 6.07) is 1.67. The van der Waals surface area contributed by atoms with Gasteiger partial charge in [0.15, 0.2) is 6.29 Å². The van der Waals surface area contributed by atoms with E-state index in [2.05, 4.69) is 0 Å². The van der Waals surface area contributed by atoms with Crippen molar-refractivity contribution in [2.24, 2.45) is 0 Å². The van der Waals surface area contributed by atoms with Crippen LogP contribution in [0.25, 0.3) is 0 Å². The van der Waals surface area contributed by atoms with Gasteiger partial charge in [0.2, 0.25) is 5.60 Å². The highest BCUT2D eigenvalue weighted by atomic mass is 16.7. The molecule has 118 valence electrons. The number of hydrogen-bond donors (Lipinski definition) is 6. The average molecular weight is 303 g/mol. The Morgan fingerprint density at radius 3 is 2.29 bits per heavy atom. The topological polar surface area (TPSA) is 164 Å². The Hall–Kier alpha value is -1.09. The fourth-order valence-electron chi connectivity index (χ4n) is 2.29. The van der Waals surface area contributed by atoms with E-state index >= 15 is 0 Å². The maximum atomic E-state index is 9.82. The van der Waals surface area contributed by atoms with E-state index < -0.39 is 55.1 Å². The van der Waals surface area contributed by atoms with Crippen LogP contribution in [0.1, 0.15) is 0 Å². The second kappa shape index (κ2) is 5.96. The maximum Gasteiger partial charge on any atom is 0.204 e. The number of aliphatic hydroxyl groups is 6. The van der Waals surface area contributed by atoms with E-state index in [0.29, 0.717) is 0 Å². The van der Waals surface area contributed by atoms with Gasteiger partial charge in [-0.05, 0) is 6.08 Å². The highest BCUT2D eigenvalue weighted by Crippen LogP contribution is 2.32. The molecule has 9 nitrogen and oxygen atoms in total. The third kappa shape index (κ3) is 2.68. The van der Waals surface area contributed by atoms with Crippen LogP contribution in [0, 0.1) is 11.3 Å². The molecule has 2 aliphatic rings. The van der Waals surface area contributed by atoms with E-state index in [1.165, 1.54) is 0 Å². The fraction of sp³-hybridized carbons (Fsp3) is 0.750. The minimum Gasteiger partial charge on any atom is -0.394 e. The van der Waals surface area contributed by atoms with E-state index in [1.807, 2.05) is 0 Å². The van der Waals surface area contributed by atoms with Gasteiger partial charge in [0.25, 0.3) is 0 Å². The first kappa shape index (κ1) is 16.3. The van der Waals surface area contributed by atoms with Gasteiger partial charge < -0.3 is 40.1 Å². The molecule has 1 fully saturated rings. The molecule has 0 radical (unpaired) electrons. The molecule has 1 aliphatic heterocycles. The van der Waals surface area contributed by atoms with Crippen molar-refractivity contribution in [3.8, 4) is 6.07 Å². The van der Waals surface area contributed by atoms with Crippen LogP contribution in [0.5, 0.6) is 0 Å². The van der Waals surface area contributed by atoms with Gasteiger partial charge in [0.05, 0.1) is 6.61 Å². The lowest BCUT2D eigenvalue weighted by Gasteiger charge is -2.42. The zero-order valence-corrected chi connectivity index (χ0v) is 10.9. The summed E-state index contributed by atoms with van der Waals surface area (Å²) < 4.78 is 10.3. The number of aliphatic hydroxyl groups excluding tert-OH is 6. The van der Waals surface area contributed by atoms with Gasteiger partial charge in [-0.15, -0.1) is 0 Å². The van der Waals surface area contributed by atoms with Crippen LogP contribution in [-0.2, 0) is 9.47 Å². The summed E-state index contributed by atoms with van der Waals surface area (Å²) in [4.78, 5) is 0. The molecule has 21 heavy (non-hydrogen) atoms. The Labute approximate surface area is 119 Å². The second-order valence-electron chi connectivity index (χ2n) is 5.01. The summed E-state index contributed by atoms with van der Waals surface area (Å²) in [5.74, 6) is 0. The van der Waals surface area contributed by atoms with E-state index in [1.54, 1.807) is 6.07 Å². The predicted molar refractivity (Wildman–Crippen MR) is 64.3 cm³/mol. The maximum absolute atomic E-state index is 9.82. The van der Waals surface area contributed by atoms with Crippen molar-refractivity contribution in [1.29, 1.82) is 5.26 Å². The molecule has 6 N–H and O–H groups in total. The Bertz CT molecular complexity index is 449. The van der Waals surface area contributed by atoms with Crippen LogP contribution in [0.4, 0.5) is 0 Å². The first-order valence-electron chi connectivity index (χ1n) is 6.31. The van der Waals surface area contributed by atoms with E-state index in [0.717, 1.165) is 12.2 Å². The van der Waals surface area contributed by atoms with Crippen LogP contribution >= 0.6 is 0 Å². The molecular formula is C12H17NO8. The van der Waals surface area contributed by atoms with Gasteiger partial charge in [0.1, 0.15) is 42.7 Å². The highest BCUT2D eigenvalue weighted by Gasteiger charge is 2.52. The normalized spacial score (nSPS) is 50.0. The van der Waals surface area contributed by atoms with Gasteiger partial charge in [-0.2, -0.15) is 5.26 Å². The molecule has 0 amide bonds. The third-order valence-electron chi connectivity index (χ3n) is 3.64. The standard InChI is InChI=1S/C12H17NO8/c13-4-12(2-1-5(15)10(12)19)21-11-9(18)8(17)7(16)6(3-14)20-11/h1-2,5-11,14-19H,3H2/t5-,6+,7-,8-,9-,10-,11-,12-/m1/s1. The quantitative estimate of drug-likeness (QED) is 0.288. The number of rotatable bonds is 3. The van der Waals surface area contributed by atoms with Crippen molar-refractivity contribution in [1.82, 2.24) is 0 Å². The predicted octanol–water partition coefficient (Wildman–Crippen LogP) is -3.64. The molecule has 2 rings (SSSR count). The molecule has 0 saturated carbocycles. The first-order valence-corrected chi connectivity index (χ1v) is 6.31. The van der Waals surface area contributed by atoms with Crippen molar-refractivity contribution >= 4 is 0 Å². The lowest BCUT2D eigenvalue weighted by molar-refractivity contribution is -0.322. The lowest BCUT2D eigenvalue weighted by Crippen LogP contribution is -2.61. The Balaban J connectivity index is 2.18. The molecule has 0 spiro atoms. The third-order valence-corrected chi connectivity index (χ3v) is 3.64. The molecule has 1 aliphatic carbocycles. The molecule has 0 unspecified atom stereocenters. The molecule has 8 atom stereocenters. The highest BCUT2D eigenvalue weighted by molar-refractivity contribution is 5.29. The Kier molecular flexibility index (Phi) is 4.62. The molecule has 1 heterocycles. The molecule has 0 aromatic heterocycles. The number of nitriles is 1. The van der Waals surface area contributed by atoms with Gasteiger partial charge in [-0.1, -0.05) is 6.08 Å². The van der Waals surface area contributed by atoms with Crippen LogP contribution in [-0.4, -0.2) is 85.8 Å². The van der Waals surface area contributed by atoms with Crippen molar-refractivity contribution < 1.29 is 40.1 Å².